The minimum Gasteiger partial charge on any atom is -1.00 e. The van der Waals surface area contributed by atoms with Gasteiger partial charge >= 0.3 is 63.3 Å². The zero-order valence-corrected chi connectivity index (χ0v) is 12.3. The second-order valence-electron chi connectivity index (χ2n) is 3.49. The molecule has 0 unspecified atom stereocenters. The van der Waals surface area contributed by atoms with Crippen molar-refractivity contribution in [3.63, 3.8) is 0 Å². The van der Waals surface area contributed by atoms with E-state index >= 15 is 0 Å². The summed E-state index contributed by atoms with van der Waals surface area (Å²) in [6.07, 6.45) is 0.728. The SMILES string of the molecule is CCCC(C(=O)O)(C(=O)O)C(C)C.[H-].[K+]. The van der Waals surface area contributed by atoms with Gasteiger partial charge in [-0.1, -0.05) is 27.2 Å². The van der Waals surface area contributed by atoms with Crippen LogP contribution in [0, 0.1) is 11.3 Å². The zero-order chi connectivity index (χ0) is 10.6. The molecule has 0 radical (unpaired) electrons. The second kappa shape index (κ2) is 6.95. The Balaban J connectivity index is -0.000000720. The number of carbonyl (C=O) groups is 2. The van der Waals surface area contributed by atoms with Gasteiger partial charge in [-0.3, -0.25) is 9.59 Å². The van der Waals surface area contributed by atoms with E-state index in [4.69, 9.17) is 10.2 Å². The molecule has 0 aliphatic heterocycles. The summed E-state index contributed by atoms with van der Waals surface area (Å²) in [7, 11) is 0. The third kappa shape index (κ3) is 3.31. The molecule has 0 aliphatic carbocycles. The van der Waals surface area contributed by atoms with Crippen molar-refractivity contribution in [2.45, 2.75) is 33.6 Å². The van der Waals surface area contributed by atoms with E-state index in [9.17, 15) is 9.59 Å². The molecule has 78 valence electrons. The summed E-state index contributed by atoms with van der Waals surface area (Å²) in [6, 6.07) is 0. The molecule has 0 aromatic heterocycles. The molecule has 0 saturated carbocycles. The molecule has 0 heterocycles. The van der Waals surface area contributed by atoms with E-state index in [0.29, 0.717) is 6.42 Å². The molecule has 0 bridgehead atoms. The van der Waals surface area contributed by atoms with Gasteiger partial charge in [-0.2, -0.15) is 0 Å². The van der Waals surface area contributed by atoms with Crippen LogP contribution < -0.4 is 51.4 Å². The minimum atomic E-state index is -1.62. The maximum Gasteiger partial charge on any atom is 1.00 e. The zero-order valence-electron chi connectivity index (χ0n) is 10.2. The van der Waals surface area contributed by atoms with Gasteiger partial charge in [0.25, 0.3) is 0 Å². The average Bonchev–Trinajstić information content (AvgIpc) is 1.97. The van der Waals surface area contributed by atoms with Gasteiger partial charge in [0.05, 0.1) is 0 Å². The van der Waals surface area contributed by atoms with Crippen LogP contribution in [0.3, 0.4) is 0 Å². The quantitative estimate of drug-likeness (QED) is 0.454. The molecule has 0 spiro atoms. The summed E-state index contributed by atoms with van der Waals surface area (Å²) >= 11 is 0. The standard InChI is InChI=1S/C9H16O4.K.H/c1-4-5-9(6(2)3,7(10)11)8(12)13;;/h6H,4-5H2,1-3H3,(H,10,11)(H,12,13);;/q;+1;-1. The van der Waals surface area contributed by atoms with E-state index in [0.717, 1.165) is 0 Å². The Labute approximate surface area is 128 Å². The number of carboxylic acids is 2. The number of hydrogen-bond donors (Lipinski definition) is 2. The first-order valence-electron chi connectivity index (χ1n) is 4.36. The van der Waals surface area contributed by atoms with E-state index in [2.05, 4.69) is 0 Å². The first-order chi connectivity index (χ1) is 5.89. The third-order valence-corrected chi connectivity index (χ3v) is 2.39. The Hall–Kier alpha value is 0.576. The Bertz CT molecular complexity index is 204. The van der Waals surface area contributed by atoms with Crippen LogP contribution in [-0.2, 0) is 9.59 Å². The van der Waals surface area contributed by atoms with Crippen LogP contribution >= 0.6 is 0 Å². The molecule has 5 heteroatoms. The first kappa shape index (κ1) is 17.0. The number of rotatable bonds is 5. The monoisotopic (exact) mass is 228 g/mol. The molecule has 0 rings (SSSR count). The van der Waals surface area contributed by atoms with Gasteiger partial charge in [0.2, 0.25) is 0 Å². The van der Waals surface area contributed by atoms with Crippen molar-refractivity contribution in [1.29, 1.82) is 0 Å². The molecule has 0 aliphatic rings. The molecule has 4 nitrogen and oxygen atoms in total. The number of aliphatic carboxylic acids is 2. The Morgan fingerprint density at radius 2 is 1.64 bits per heavy atom. The summed E-state index contributed by atoms with van der Waals surface area (Å²) < 4.78 is 0. The summed E-state index contributed by atoms with van der Waals surface area (Å²) in [6.45, 7) is 5.03. The van der Waals surface area contributed by atoms with Crippen LogP contribution in [0.15, 0.2) is 0 Å². The van der Waals surface area contributed by atoms with Crippen molar-refractivity contribution in [3.05, 3.63) is 0 Å². The van der Waals surface area contributed by atoms with Crippen LogP contribution in [-0.4, -0.2) is 22.2 Å². The van der Waals surface area contributed by atoms with Crippen LogP contribution in [0.1, 0.15) is 35.0 Å². The summed E-state index contributed by atoms with van der Waals surface area (Å²) in [5.74, 6) is -2.88. The molecular weight excluding hydrogens is 211 g/mol. The van der Waals surface area contributed by atoms with Crippen LogP contribution in [0.25, 0.3) is 0 Å². The van der Waals surface area contributed by atoms with Gasteiger partial charge in [-0.05, 0) is 12.3 Å². The topological polar surface area (TPSA) is 74.6 Å². The van der Waals surface area contributed by atoms with E-state index in [1.807, 2.05) is 0 Å². The van der Waals surface area contributed by atoms with Gasteiger partial charge in [-0.25, -0.2) is 0 Å². The summed E-state index contributed by atoms with van der Waals surface area (Å²) in [5.41, 5.74) is -1.62. The predicted octanol–water partition coefficient (Wildman–Crippen LogP) is -1.29. The number of hydrogen-bond acceptors (Lipinski definition) is 2. The average molecular weight is 228 g/mol. The predicted molar refractivity (Wildman–Crippen MR) is 48.6 cm³/mol. The van der Waals surface area contributed by atoms with Crippen molar-refractivity contribution in [2.75, 3.05) is 0 Å². The Morgan fingerprint density at radius 1 is 1.29 bits per heavy atom. The van der Waals surface area contributed by atoms with E-state index in [1.54, 1.807) is 20.8 Å². The largest absolute Gasteiger partial charge is 1.00 e. The fourth-order valence-electron chi connectivity index (χ4n) is 1.48. The van der Waals surface area contributed by atoms with Gasteiger partial charge in [0.1, 0.15) is 0 Å². The van der Waals surface area contributed by atoms with Crippen molar-refractivity contribution in [3.8, 4) is 0 Å². The van der Waals surface area contributed by atoms with Crippen molar-refractivity contribution < 1.29 is 72.6 Å². The van der Waals surface area contributed by atoms with Crippen molar-refractivity contribution >= 4 is 11.9 Å². The van der Waals surface area contributed by atoms with E-state index in [-0.39, 0.29) is 59.2 Å². The van der Waals surface area contributed by atoms with Gasteiger partial charge < -0.3 is 11.6 Å². The smallest absolute Gasteiger partial charge is 1.00 e. The van der Waals surface area contributed by atoms with E-state index < -0.39 is 23.3 Å². The molecule has 0 atom stereocenters. The molecule has 0 aromatic rings. The number of carboxylic acid groups (broad SMARTS) is 2. The van der Waals surface area contributed by atoms with Crippen LogP contribution in [0.5, 0.6) is 0 Å². The molecular formula is C9H17KO4. The first-order valence-corrected chi connectivity index (χ1v) is 4.36. The molecule has 0 saturated heterocycles. The van der Waals surface area contributed by atoms with Crippen molar-refractivity contribution in [2.24, 2.45) is 11.3 Å². The Kier molecular flexibility index (Phi) is 8.43. The molecule has 14 heavy (non-hydrogen) atoms. The maximum atomic E-state index is 10.9. The van der Waals surface area contributed by atoms with Crippen LogP contribution in [0.4, 0.5) is 0 Å². The summed E-state index contributed by atoms with van der Waals surface area (Å²) in [4.78, 5) is 21.8. The molecule has 0 amide bonds. The van der Waals surface area contributed by atoms with Crippen LogP contribution in [0.2, 0.25) is 0 Å². The fourth-order valence-corrected chi connectivity index (χ4v) is 1.48. The molecule has 2 N–H and O–H groups in total. The maximum absolute atomic E-state index is 10.9. The fraction of sp³-hybridized carbons (Fsp3) is 0.778. The Morgan fingerprint density at radius 3 is 1.71 bits per heavy atom. The van der Waals surface area contributed by atoms with Crippen molar-refractivity contribution in [1.82, 2.24) is 0 Å². The van der Waals surface area contributed by atoms with Gasteiger partial charge in [0, 0.05) is 0 Å². The molecule has 0 aromatic carbocycles. The third-order valence-electron chi connectivity index (χ3n) is 2.39. The van der Waals surface area contributed by atoms with Gasteiger partial charge in [0.15, 0.2) is 5.41 Å². The van der Waals surface area contributed by atoms with Gasteiger partial charge in [-0.15, -0.1) is 0 Å². The van der Waals surface area contributed by atoms with E-state index in [1.165, 1.54) is 0 Å². The second-order valence-corrected chi connectivity index (χ2v) is 3.49. The minimum absolute atomic E-state index is 0. The molecule has 0 fully saturated rings. The summed E-state index contributed by atoms with van der Waals surface area (Å²) in [5, 5.41) is 17.8. The normalized spacial score (nSPS) is 10.9.